The lowest BCUT2D eigenvalue weighted by Gasteiger charge is -2.34. The largest absolute Gasteiger partial charge is 0.348 e. The van der Waals surface area contributed by atoms with Gasteiger partial charge in [-0.1, -0.05) is 18.9 Å². The lowest BCUT2D eigenvalue weighted by Crippen LogP contribution is -2.46. The maximum Gasteiger partial charge on any atom is 0.272 e. The molecule has 2 fully saturated rings. The normalized spacial score (nSPS) is 18.7. The summed E-state index contributed by atoms with van der Waals surface area (Å²) in [5.74, 6) is -0.0931. The molecule has 0 saturated carbocycles. The molecule has 4 heterocycles. The predicted molar refractivity (Wildman–Crippen MR) is 140 cm³/mol. The number of carbonyl (C=O) groups is 1. The first-order valence-electron chi connectivity index (χ1n) is 13.3. The van der Waals surface area contributed by atoms with E-state index in [-0.39, 0.29) is 11.9 Å². The van der Waals surface area contributed by atoms with Crippen molar-refractivity contribution in [2.24, 2.45) is 0 Å². The first-order chi connectivity index (χ1) is 17.1. The van der Waals surface area contributed by atoms with Crippen LogP contribution in [0.1, 0.15) is 68.4 Å². The van der Waals surface area contributed by atoms with Gasteiger partial charge in [-0.25, -0.2) is 0 Å². The number of nitrogens with zero attached hydrogens (tertiary/aromatic N) is 4. The van der Waals surface area contributed by atoms with Crippen LogP contribution in [-0.2, 0) is 6.54 Å². The first-order valence-corrected chi connectivity index (χ1v) is 13.3. The Morgan fingerprint density at radius 2 is 1.80 bits per heavy atom. The second-order valence-corrected chi connectivity index (χ2v) is 10.5. The van der Waals surface area contributed by atoms with Crippen LogP contribution in [0.15, 0.2) is 36.7 Å². The fourth-order valence-electron chi connectivity index (χ4n) is 5.47. The summed E-state index contributed by atoms with van der Waals surface area (Å²) in [6, 6.07) is 9.15. The van der Waals surface area contributed by atoms with Crippen LogP contribution in [0, 0.1) is 0 Å². The standard InChI is InChI=1S/C28H38N6O/c1-20(2)34-13-9-24(10-14-34)30-28(35)27-25-16-22(7-8-26(25)31-32-27)23-15-21(17-29-18-23)19-33-11-5-3-4-6-12-33/h7-8,15-18,20,24H,3-6,9-14,19H2,1-2H3,(H,30,35)(H,31,32). The van der Waals surface area contributed by atoms with E-state index in [1.807, 2.05) is 18.5 Å². The van der Waals surface area contributed by atoms with E-state index in [2.05, 4.69) is 62.3 Å². The van der Waals surface area contributed by atoms with Crippen molar-refractivity contribution in [2.45, 2.75) is 71.0 Å². The quantitative estimate of drug-likeness (QED) is 0.546. The number of nitrogens with one attached hydrogen (secondary N) is 2. The Morgan fingerprint density at radius 3 is 2.54 bits per heavy atom. The molecule has 0 atom stereocenters. The van der Waals surface area contributed by atoms with Gasteiger partial charge in [-0.05, 0) is 81.9 Å². The van der Waals surface area contributed by atoms with Gasteiger partial charge >= 0.3 is 0 Å². The molecule has 0 spiro atoms. The Hall–Kier alpha value is -2.77. The predicted octanol–water partition coefficient (Wildman–Crippen LogP) is 4.60. The molecule has 2 aliphatic heterocycles. The highest BCUT2D eigenvalue weighted by Gasteiger charge is 2.24. The molecule has 5 rings (SSSR count). The minimum Gasteiger partial charge on any atom is -0.348 e. The van der Waals surface area contributed by atoms with Gasteiger partial charge in [0.2, 0.25) is 0 Å². The smallest absolute Gasteiger partial charge is 0.272 e. The van der Waals surface area contributed by atoms with Gasteiger partial charge in [-0.15, -0.1) is 0 Å². The summed E-state index contributed by atoms with van der Waals surface area (Å²) in [5, 5.41) is 11.5. The SMILES string of the molecule is CC(C)N1CCC(NC(=O)c2n[nH]c3ccc(-c4cncc(CN5CCCCCC5)c4)cc23)CC1. The number of rotatable bonds is 6. The number of likely N-dealkylation sites (tertiary alicyclic amines) is 2. The molecule has 0 bridgehead atoms. The molecule has 35 heavy (non-hydrogen) atoms. The number of H-pyrrole nitrogens is 1. The van der Waals surface area contributed by atoms with Crippen molar-refractivity contribution in [1.29, 1.82) is 0 Å². The Bertz CT molecular complexity index is 1140. The molecule has 0 aliphatic carbocycles. The van der Waals surface area contributed by atoms with Gasteiger partial charge in [0.1, 0.15) is 0 Å². The molecule has 7 nitrogen and oxygen atoms in total. The number of aromatic nitrogens is 3. The topological polar surface area (TPSA) is 77.1 Å². The molecular formula is C28H38N6O. The van der Waals surface area contributed by atoms with Crippen LogP contribution in [0.5, 0.6) is 0 Å². The third kappa shape index (κ3) is 5.73. The molecule has 2 N–H and O–H groups in total. The zero-order valence-corrected chi connectivity index (χ0v) is 21.1. The molecule has 2 aliphatic rings. The maximum atomic E-state index is 13.1. The molecular weight excluding hydrogens is 436 g/mol. The van der Waals surface area contributed by atoms with E-state index >= 15 is 0 Å². The van der Waals surface area contributed by atoms with Crippen molar-refractivity contribution < 1.29 is 4.79 Å². The summed E-state index contributed by atoms with van der Waals surface area (Å²) in [6.07, 6.45) is 11.1. The summed E-state index contributed by atoms with van der Waals surface area (Å²) in [4.78, 5) is 22.7. The first kappa shape index (κ1) is 23.9. The van der Waals surface area contributed by atoms with Crippen molar-refractivity contribution in [2.75, 3.05) is 26.2 Å². The van der Waals surface area contributed by atoms with Crippen LogP contribution < -0.4 is 5.32 Å². The van der Waals surface area contributed by atoms with Crippen molar-refractivity contribution >= 4 is 16.8 Å². The number of pyridine rings is 1. The van der Waals surface area contributed by atoms with Gasteiger partial charge in [0.05, 0.1) is 5.52 Å². The van der Waals surface area contributed by atoms with E-state index < -0.39 is 0 Å². The zero-order chi connectivity index (χ0) is 24.2. The zero-order valence-electron chi connectivity index (χ0n) is 21.1. The van der Waals surface area contributed by atoms with Crippen LogP contribution in [0.3, 0.4) is 0 Å². The van der Waals surface area contributed by atoms with Crippen molar-refractivity contribution in [3.8, 4) is 11.1 Å². The van der Waals surface area contributed by atoms with E-state index in [4.69, 9.17) is 0 Å². The Balaban J connectivity index is 1.31. The molecule has 1 amide bonds. The van der Waals surface area contributed by atoms with Crippen molar-refractivity contribution in [3.05, 3.63) is 47.9 Å². The number of hydrogen-bond donors (Lipinski definition) is 2. The van der Waals surface area contributed by atoms with E-state index in [9.17, 15) is 4.79 Å². The number of amides is 1. The van der Waals surface area contributed by atoms with Gasteiger partial charge < -0.3 is 10.2 Å². The summed E-state index contributed by atoms with van der Waals surface area (Å²) in [5.41, 5.74) is 4.72. The molecule has 0 unspecified atom stereocenters. The number of fused-ring (bicyclic) bond motifs is 1. The van der Waals surface area contributed by atoms with E-state index in [0.717, 1.165) is 54.5 Å². The lowest BCUT2D eigenvalue weighted by atomic mass is 10.0. The molecule has 7 heteroatoms. The average molecular weight is 475 g/mol. The summed E-state index contributed by atoms with van der Waals surface area (Å²) in [6.45, 7) is 9.78. The highest BCUT2D eigenvalue weighted by Crippen LogP contribution is 2.26. The molecule has 0 radical (unpaired) electrons. The fourth-order valence-corrected chi connectivity index (χ4v) is 5.47. The summed E-state index contributed by atoms with van der Waals surface area (Å²) < 4.78 is 0. The third-order valence-electron chi connectivity index (χ3n) is 7.61. The van der Waals surface area contributed by atoms with Gasteiger partial charge in [-0.3, -0.25) is 19.8 Å². The van der Waals surface area contributed by atoms with Crippen LogP contribution >= 0.6 is 0 Å². The van der Waals surface area contributed by atoms with Crippen LogP contribution in [-0.4, -0.2) is 69.2 Å². The van der Waals surface area contributed by atoms with Gasteiger partial charge in [-0.2, -0.15) is 5.10 Å². The van der Waals surface area contributed by atoms with Crippen LogP contribution in [0.2, 0.25) is 0 Å². The third-order valence-corrected chi connectivity index (χ3v) is 7.61. The van der Waals surface area contributed by atoms with Crippen molar-refractivity contribution in [3.63, 3.8) is 0 Å². The molecule has 186 valence electrons. The minimum atomic E-state index is -0.0931. The van der Waals surface area contributed by atoms with Gasteiger partial charge in [0.25, 0.3) is 5.91 Å². The maximum absolute atomic E-state index is 13.1. The Labute approximate surface area is 208 Å². The molecule has 3 aromatic rings. The average Bonchev–Trinajstić information content (AvgIpc) is 3.13. The molecule has 1 aromatic carbocycles. The summed E-state index contributed by atoms with van der Waals surface area (Å²) >= 11 is 0. The van der Waals surface area contributed by atoms with Crippen LogP contribution in [0.25, 0.3) is 22.0 Å². The Morgan fingerprint density at radius 1 is 1.03 bits per heavy atom. The minimum absolute atomic E-state index is 0.0931. The second kappa shape index (κ2) is 10.9. The van der Waals surface area contributed by atoms with Gasteiger partial charge in [0.15, 0.2) is 5.69 Å². The number of aromatic amines is 1. The second-order valence-electron chi connectivity index (χ2n) is 10.5. The van der Waals surface area contributed by atoms with Crippen LogP contribution in [0.4, 0.5) is 0 Å². The number of carbonyl (C=O) groups excluding carboxylic acids is 1. The van der Waals surface area contributed by atoms with E-state index in [1.165, 1.54) is 44.3 Å². The lowest BCUT2D eigenvalue weighted by molar-refractivity contribution is 0.0897. The number of benzene rings is 1. The highest BCUT2D eigenvalue weighted by atomic mass is 16.2. The molecule has 2 saturated heterocycles. The fraction of sp³-hybridized carbons (Fsp3) is 0.536. The van der Waals surface area contributed by atoms with Gasteiger partial charge in [0, 0.05) is 55.1 Å². The molecule has 2 aromatic heterocycles. The van der Waals surface area contributed by atoms with E-state index in [0.29, 0.717) is 11.7 Å². The Kier molecular flexibility index (Phi) is 7.44. The highest BCUT2D eigenvalue weighted by molar-refractivity contribution is 6.05. The van der Waals surface area contributed by atoms with E-state index in [1.54, 1.807) is 0 Å². The summed E-state index contributed by atoms with van der Waals surface area (Å²) in [7, 11) is 0. The monoisotopic (exact) mass is 474 g/mol. The van der Waals surface area contributed by atoms with Crippen molar-refractivity contribution in [1.82, 2.24) is 30.3 Å². The number of piperidine rings is 1. The number of hydrogen-bond acceptors (Lipinski definition) is 5.